The van der Waals surface area contributed by atoms with Crippen LogP contribution in [0.25, 0.3) is 0 Å². The molecule has 1 aromatic rings. The van der Waals surface area contributed by atoms with Crippen LogP contribution in [0.15, 0.2) is 22.7 Å². The molecule has 0 aromatic heterocycles. The van der Waals surface area contributed by atoms with E-state index in [0.29, 0.717) is 12.1 Å². The average Bonchev–Trinajstić information content (AvgIpc) is 2.71. The number of benzene rings is 1. The van der Waals surface area contributed by atoms with Gasteiger partial charge in [-0.15, -0.1) is 0 Å². The van der Waals surface area contributed by atoms with Gasteiger partial charge in [0.1, 0.15) is 0 Å². The first-order valence-corrected chi connectivity index (χ1v) is 8.70. The van der Waals surface area contributed by atoms with Crippen molar-refractivity contribution in [1.29, 1.82) is 0 Å². The first-order valence-electron chi connectivity index (χ1n) is 7.90. The molecule has 0 spiro atoms. The zero-order valence-corrected chi connectivity index (χ0v) is 14.5. The molecule has 1 N–H and O–H groups in total. The van der Waals surface area contributed by atoms with Crippen LogP contribution in [0.1, 0.15) is 57.6 Å². The van der Waals surface area contributed by atoms with Crippen molar-refractivity contribution in [2.24, 2.45) is 0 Å². The first kappa shape index (κ1) is 15.8. The fraction of sp³-hybridized carbons (Fsp3) is 0.647. The van der Waals surface area contributed by atoms with Crippen LogP contribution >= 0.6 is 15.9 Å². The lowest BCUT2D eigenvalue weighted by Gasteiger charge is -2.34. The van der Waals surface area contributed by atoms with Crippen LogP contribution in [0.3, 0.4) is 0 Å². The largest absolute Gasteiger partial charge is 0.368 e. The summed E-state index contributed by atoms with van der Waals surface area (Å²) in [6.45, 7) is 5.76. The number of nitrogens with zero attached hydrogens (tertiary/aromatic N) is 1. The van der Waals surface area contributed by atoms with Gasteiger partial charge in [0, 0.05) is 28.8 Å². The number of rotatable bonds is 4. The lowest BCUT2D eigenvalue weighted by molar-refractivity contribution is 0.550. The van der Waals surface area contributed by atoms with Crippen molar-refractivity contribution >= 4 is 21.6 Å². The molecule has 2 unspecified atom stereocenters. The molecule has 0 bridgehead atoms. The van der Waals surface area contributed by atoms with Gasteiger partial charge in [-0.25, -0.2) is 0 Å². The third kappa shape index (κ3) is 3.56. The van der Waals surface area contributed by atoms with E-state index in [0.717, 1.165) is 0 Å². The van der Waals surface area contributed by atoms with Crippen molar-refractivity contribution < 1.29 is 0 Å². The molecule has 0 saturated carbocycles. The first-order chi connectivity index (χ1) is 9.67. The zero-order valence-electron chi connectivity index (χ0n) is 13.0. The number of hydrogen-bond donors (Lipinski definition) is 1. The molecule has 112 valence electrons. The third-order valence-corrected chi connectivity index (χ3v) is 5.04. The van der Waals surface area contributed by atoms with Crippen LogP contribution < -0.4 is 10.2 Å². The van der Waals surface area contributed by atoms with E-state index in [2.05, 4.69) is 58.2 Å². The van der Waals surface area contributed by atoms with Crippen molar-refractivity contribution in [3.05, 3.63) is 28.2 Å². The summed E-state index contributed by atoms with van der Waals surface area (Å²) in [4.78, 5) is 2.66. The van der Waals surface area contributed by atoms with Crippen LogP contribution in [-0.2, 0) is 0 Å². The van der Waals surface area contributed by atoms with Gasteiger partial charge in [-0.05, 0) is 57.0 Å². The summed E-state index contributed by atoms with van der Waals surface area (Å²) in [5.74, 6) is 0. The number of hydrogen-bond acceptors (Lipinski definition) is 2. The SMILES string of the molecule is CCC1CCCCCN1c1ccc(Br)cc1C(C)NC. The zero-order chi connectivity index (χ0) is 14.5. The maximum atomic E-state index is 3.62. The highest BCUT2D eigenvalue weighted by atomic mass is 79.9. The number of halogens is 1. The molecule has 0 radical (unpaired) electrons. The minimum atomic E-state index is 0.378. The summed E-state index contributed by atoms with van der Waals surface area (Å²) >= 11 is 3.62. The standard InChI is InChI=1S/C17H27BrN2/c1-4-15-8-6-5-7-11-20(15)17-10-9-14(18)12-16(17)13(2)19-3/h9-10,12-13,15,19H,4-8,11H2,1-3H3. The van der Waals surface area contributed by atoms with Crippen LogP contribution in [0, 0.1) is 0 Å². The molecule has 1 heterocycles. The minimum Gasteiger partial charge on any atom is -0.368 e. The highest BCUT2D eigenvalue weighted by Gasteiger charge is 2.23. The second-order valence-corrected chi connectivity index (χ2v) is 6.73. The molecule has 2 rings (SSSR count). The lowest BCUT2D eigenvalue weighted by Crippen LogP contribution is -2.35. The topological polar surface area (TPSA) is 15.3 Å². The van der Waals surface area contributed by atoms with Gasteiger partial charge in [0.15, 0.2) is 0 Å². The van der Waals surface area contributed by atoms with Crippen molar-refractivity contribution in [2.45, 2.75) is 58.0 Å². The van der Waals surface area contributed by atoms with Gasteiger partial charge in [-0.3, -0.25) is 0 Å². The quantitative estimate of drug-likeness (QED) is 0.840. The molecule has 0 aliphatic carbocycles. The van der Waals surface area contributed by atoms with E-state index in [9.17, 15) is 0 Å². The van der Waals surface area contributed by atoms with Crippen molar-refractivity contribution in [3.63, 3.8) is 0 Å². The van der Waals surface area contributed by atoms with E-state index in [-0.39, 0.29) is 0 Å². The second kappa shape index (κ2) is 7.46. The molecule has 1 aromatic carbocycles. The predicted octanol–water partition coefficient (Wildman–Crippen LogP) is 4.89. The maximum absolute atomic E-state index is 3.62. The van der Waals surface area contributed by atoms with Crippen molar-refractivity contribution in [2.75, 3.05) is 18.5 Å². The smallest absolute Gasteiger partial charge is 0.0417 e. The Labute approximate surface area is 132 Å². The molecular formula is C17H27BrN2. The third-order valence-electron chi connectivity index (χ3n) is 4.55. The molecule has 2 atom stereocenters. The lowest BCUT2D eigenvalue weighted by atomic mass is 10.0. The number of anilines is 1. The van der Waals surface area contributed by atoms with E-state index in [4.69, 9.17) is 0 Å². The van der Waals surface area contributed by atoms with Gasteiger partial charge in [0.25, 0.3) is 0 Å². The van der Waals surface area contributed by atoms with Crippen molar-refractivity contribution in [1.82, 2.24) is 5.32 Å². The highest BCUT2D eigenvalue weighted by molar-refractivity contribution is 9.10. The summed E-state index contributed by atoms with van der Waals surface area (Å²) in [6.07, 6.45) is 6.65. The molecular weight excluding hydrogens is 312 g/mol. The summed E-state index contributed by atoms with van der Waals surface area (Å²) < 4.78 is 1.17. The molecule has 1 aliphatic rings. The summed E-state index contributed by atoms with van der Waals surface area (Å²) in [5, 5.41) is 3.39. The minimum absolute atomic E-state index is 0.378. The Morgan fingerprint density at radius 2 is 2.15 bits per heavy atom. The van der Waals surface area contributed by atoms with Crippen LogP contribution in [-0.4, -0.2) is 19.6 Å². The number of nitrogens with one attached hydrogen (secondary N) is 1. The molecule has 3 heteroatoms. The van der Waals surface area contributed by atoms with Gasteiger partial charge in [0.2, 0.25) is 0 Å². The molecule has 1 aliphatic heterocycles. The van der Waals surface area contributed by atoms with Gasteiger partial charge in [-0.1, -0.05) is 35.7 Å². The summed E-state index contributed by atoms with van der Waals surface area (Å²) in [7, 11) is 2.04. The maximum Gasteiger partial charge on any atom is 0.0417 e. The second-order valence-electron chi connectivity index (χ2n) is 5.82. The predicted molar refractivity (Wildman–Crippen MR) is 91.5 cm³/mol. The molecule has 1 saturated heterocycles. The monoisotopic (exact) mass is 338 g/mol. The fourth-order valence-electron chi connectivity index (χ4n) is 3.21. The Bertz CT molecular complexity index is 433. The van der Waals surface area contributed by atoms with E-state index in [1.54, 1.807) is 0 Å². The van der Waals surface area contributed by atoms with Gasteiger partial charge >= 0.3 is 0 Å². The Balaban J connectivity index is 2.38. The average molecular weight is 339 g/mol. The summed E-state index contributed by atoms with van der Waals surface area (Å²) in [6, 6.07) is 7.82. The Hall–Kier alpha value is -0.540. The summed E-state index contributed by atoms with van der Waals surface area (Å²) in [5.41, 5.74) is 2.83. The highest BCUT2D eigenvalue weighted by Crippen LogP contribution is 2.33. The molecule has 0 amide bonds. The van der Waals surface area contributed by atoms with E-state index >= 15 is 0 Å². The van der Waals surface area contributed by atoms with E-state index < -0.39 is 0 Å². The van der Waals surface area contributed by atoms with E-state index in [1.807, 2.05) is 7.05 Å². The Morgan fingerprint density at radius 1 is 1.35 bits per heavy atom. The Kier molecular flexibility index (Phi) is 5.91. The van der Waals surface area contributed by atoms with Crippen LogP contribution in [0.5, 0.6) is 0 Å². The van der Waals surface area contributed by atoms with Gasteiger partial charge in [-0.2, -0.15) is 0 Å². The normalized spacial score (nSPS) is 21.6. The molecule has 20 heavy (non-hydrogen) atoms. The van der Waals surface area contributed by atoms with E-state index in [1.165, 1.54) is 54.4 Å². The molecule has 1 fully saturated rings. The Morgan fingerprint density at radius 3 is 2.85 bits per heavy atom. The van der Waals surface area contributed by atoms with Gasteiger partial charge in [0.05, 0.1) is 0 Å². The van der Waals surface area contributed by atoms with Crippen molar-refractivity contribution in [3.8, 4) is 0 Å². The fourth-order valence-corrected chi connectivity index (χ4v) is 3.59. The van der Waals surface area contributed by atoms with Crippen LogP contribution in [0.2, 0.25) is 0 Å². The van der Waals surface area contributed by atoms with Crippen LogP contribution in [0.4, 0.5) is 5.69 Å². The molecule has 2 nitrogen and oxygen atoms in total. The van der Waals surface area contributed by atoms with Gasteiger partial charge < -0.3 is 10.2 Å².